The summed E-state index contributed by atoms with van der Waals surface area (Å²) in [6.07, 6.45) is 4.91. The summed E-state index contributed by atoms with van der Waals surface area (Å²) in [4.78, 5) is 2.37. The maximum absolute atomic E-state index is 5.95. The van der Waals surface area contributed by atoms with Gasteiger partial charge in [-0.05, 0) is 69.7 Å². The first-order valence-corrected chi connectivity index (χ1v) is 8.07. The van der Waals surface area contributed by atoms with Gasteiger partial charge in [0.05, 0.1) is 0 Å². The van der Waals surface area contributed by atoms with Gasteiger partial charge in [-0.3, -0.25) is 0 Å². The Bertz CT molecular complexity index is 376. The maximum Gasteiger partial charge on any atom is 0.0367 e. The molecule has 0 atom stereocenters. The Morgan fingerprint density at radius 2 is 1.65 bits per heavy atom. The van der Waals surface area contributed by atoms with Crippen LogP contribution in [0.25, 0.3) is 0 Å². The summed E-state index contributed by atoms with van der Waals surface area (Å²) in [6.45, 7) is 7.60. The molecule has 20 heavy (non-hydrogen) atoms. The standard InChI is InChI=1S/C17H29N3/c1-3-20(4-2)17-11-9-16(10-12-17)19-13-14-5-7-15(18)8-6-14/h9-12,14-15,19H,3-8,13,18H2,1-2H3. The lowest BCUT2D eigenvalue weighted by molar-refractivity contribution is 0.339. The lowest BCUT2D eigenvalue weighted by Gasteiger charge is -2.26. The Balaban J connectivity index is 1.81. The van der Waals surface area contributed by atoms with E-state index in [0.29, 0.717) is 6.04 Å². The molecule has 3 heteroatoms. The van der Waals surface area contributed by atoms with Crippen molar-refractivity contribution in [1.82, 2.24) is 0 Å². The highest BCUT2D eigenvalue weighted by molar-refractivity contribution is 5.55. The van der Waals surface area contributed by atoms with Crippen molar-refractivity contribution in [3.05, 3.63) is 24.3 Å². The third-order valence-corrected chi connectivity index (χ3v) is 4.48. The van der Waals surface area contributed by atoms with E-state index in [9.17, 15) is 0 Å². The third-order valence-electron chi connectivity index (χ3n) is 4.48. The molecule has 1 aliphatic carbocycles. The first-order valence-electron chi connectivity index (χ1n) is 8.07. The smallest absolute Gasteiger partial charge is 0.0367 e. The Kier molecular flexibility index (Phi) is 5.72. The van der Waals surface area contributed by atoms with E-state index < -0.39 is 0 Å². The number of anilines is 2. The lowest BCUT2D eigenvalue weighted by atomic mass is 9.86. The number of hydrogen-bond donors (Lipinski definition) is 2. The molecule has 0 spiro atoms. The molecule has 112 valence electrons. The van der Waals surface area contributed by atoms with Crippen molar-refractivity contribution in [2.24, 2.45) is 11.7 Å². The number of nitrogens with one attached hydrogen (secondary N) is 1. The Morgan fingerprint density at radius 3 is 2.20 bits per heavy atom. The minimum Gasteiger partial charge on any atom is -0.385 e. The highest BCUT2D eigenvalue weighted by atomic mass is 15.1. The summed E-state index contributed by atoms with van der Waals surface area (Å²) >= 11 is 0. The quantitative estimate of drug-likeness (QED) is 0.835. The van der Waals surface area contributed by atoms with Crippen molar-refractivity contribution < 1.29 is 0 Å². The molecule has 1 aliphatic rings. The largest absolute Gasteiger partial charge is 0.385 e. The van der Waals surface area contributed by atoms with Gasteiger partial charge in [-0.15, -0.1) is 0 Å². The van der Waals surface area contributed by atoms with Gasteiger partial charge in [-0.2, -0.15) is 0 Å². The molecule has 0 heterocycles. The van der Waals surface area contributed by atoms with Gasteiger partial charge in [0.15, 0.2) is 0 Å². The minimum atomic E-state index is 0.444. The first-order chi connectivity index (χ1) is 9.72. The number of nitrogens with zero attached hydrogens (tertiary/aromatic N) is 1. The van der Waals surface area contributed by atoms with Crippen molar-refractivity contribution in [1.29, 1.82) is 0 Å². The SMILES string of the molecule is CCN(CC)c1ccc(NCC2CCC(N)CC2)cc1. The molecular weight excluding hydrogens is 246 g/mol. The average molecular weight is 275 g/mol. The second-order valence-electron chi connectivity index (χ2n) is 5.88. The van der Waals surface area contributed by atoms with E-state index in [1.165, 1.54) is 37.1 Å². The summed E-state index contributed by atoms with van der Waals surface area (Å²) in [5.74, 6) is 0.789. The molecule has 0 amide bonds. The van der Waals surface area contributed by atoms with Gasteiger partial charge in [-0.25, -0.2) is 0 Å². The first kappa shape index (κ1) is 15.2. The van der Waals surface area contributed by atoms with Gasteiger partial charge in [0.2, 0.25) is 0 Å². The van der Waals surface area contributed by atoms with Crippen molar-refractivity contribution in [2.75, 3.05) is 29.9 Å². The van der Waals surface area contributed by atoms with Crippen LogP contribution in [0.4, 0.5) is 11.4 Å². The average Bonchev–Trinajstić information content (AvgIpc) is 2.49. The van der Waals surface area contributed by atoms with Crippen molar-refractivity contribution in [3.8, 4) is 0 Å². The number of nitrogens with two attached hydrogens (primary N) is 1. The molecule has 0 saturated heterocycles. The van der Waals surface area contributed by atoms with E-state index in [1.54, 1.807) is 0 Å². The van der Waals surface area contributed by atoms with Crippen LogP contribution in [0.3, 0.4) is 0 Å². The van der Waals surface area contributed by atoms with Gasteiger partial charge in [0.1, 0.15) is 0 Å². The van der Waals surface area contributed by atoms with E-state index in [4.69, 9.17) is 5.73 Å². The van der Waals surface area contributed by atoms with Crippen LogP contribution in [-0.4, -0.2) is 25.7 Å². The third kappa shape index (κ3) is 4.14. The van der Waals surface area contributed by atoms with Crippen LogP contribution < -0.4 is 16.0 Å². The monoisotopic (exact) mass is 275 g/mol. The highest BCUT2D eigenvalue weighted by Gasteiger charge is 2.17. The lowest BCUT2D eigenvalue weighted by Crippen LogP contribution is -2.29. The topological polar surface area (TPSA) is 41.3 Å². The van der Waals surface area contributed by atoms with Gasteiger partial charge in [-0.1, -0.05) is 0 Å². The Hall–Kier alpha value is -1.22. The molecule has 1 fully saturated rings. The van der Waals surface area contributed by atoms with Gasteiger partial charge in [0, 0.05) is 37.1 Å². The van der Waals surface area contributed by atoms with Crippen LogP contribution in [0.15, 0.2) is 24.3 Å². The van der Waals surface area contributed by atoms with Crippen LogP contribution in [0, 0.1) is 5.92 Å². The molecule has 0 radical (unpaired) electrons. The predicted molar refractivity (Wildman–Crippen MR) is 88.4 cm³/mol. The Labute approximate surface area is 123 Å². The molecular formula is C17H29N3. The summed E-state index contributed by atoms with van der Waals surface area (Å²) in [5.41, 5.74) is 8.49. The van der Waals surface area contributed by atoms with Crippen molar-refractivity contribution >= 4 is 11.4 Å². The summed E-state index contributed by atoms with van der Waals surface area (Å²) in [6, 6.07) is 9.27. The van der Waals surface area contributed by atoms with E-state index >= 15 is 0 Å². The fraction of sp³-hybridized carbons (Fsp3) is 0.647. The molecule has 3 N–H and O–H groups in total. The minimum absolute atomic E-state index is 0.444. The van der Waals surface area contributed by atoms with Gasteiger partial charge in [0.25, 0.3) is 0 Å². The summed E-state index contributed by atoms with van der Waals surface area (Å²) < 4.78 is 0. The molecule has 1 saturated carbocycles. The summed E-state index contributed by atoms with van der Waals surface area (Å²) in [5, 5.41) is 3.57. The van der Waals surface area contributed by atoms with Gasteiger partial charge >= 0.3 is 0 Å². The number of rotatable bonds is 6. The summed E-state index contributed by atoms with van der Waals surface area (Å²) in [7, 11) is 0. The molecule has 1 aromatic carbocycles. The second kappa shape index (κ2) is 7.53. The molecule has 1 aromatic rings. The molecule has 2 rings (SSSR count). The molecule has 3 nitrogen and oxygen atoms in total. The van der Waals surface area contributed by atoms with E-state index in [0.717, 1.165) is 25.6 Å². The zero-order valence-electron chi connectivity index (χ0n) is 12.9. The van der Waals surface area contributed by atoms with E-state index in [2.05, 4.69) is 48.3 Å². The van der Waals surface area contributed by atoms with Crippen molar-refractivity contribution in [2.45, 2.75) is 45.6 Å². The predicted octanol–water partition coefficient (Wildman–Crippen LogP) is 3.46. The normalized spacial score (nSPS) is 22.6. The zero-order valence-corrected chi connectivity index (χ0v) is 12.9. The number of benzene rings is 1. The van der Waals surface area contributed by atoms with Crippen LogP contribution in [0.1, 0.15) is 39.5 Å². The maximum atomic E-state index is 5.95. The fourth-order valence-corrected chi connectivity index (χ4v) is 3.03. The number of hydrogen-bond acceptors (Lipinski definition) is 3. The fourth-order valence-electron chi connectivity index (χ4n) is 3.03. The van der Waals surface area contributed by atoms with Crippen molar-refractivity contribution in [3.63, 3.8) is 0 Å². The zero-order chi connectivity index (χ0) is 14.4. The Morgan fingerprint density at radius 1 is 1.05 bits per heavy atom. The molecule has 0 aromatic heterocycles. The van der Waals surface area contributed by atoms with Crippen LogP contribution >= 0.6 is 0 Å². The van der Waals surface area contributed by atoms with Crippen LogP contribution in [0.5, 0.6) is 0 Å². The highest BCUT2D eigenvalue weighted by Crippen LogP contribution is 2.24. The second-order valence-corrected chi connectivity index (χ2v) is 5.88. The van der Waals surface area contributed by atoms with Crippen LogP contribution in [-0.2, 0) is 0 Å². The van der Waals surface area contributed by atoms with Crippen LogP contribution in [0.2, 0.25) is 0 Å². The molecule has 0 unspecified atom stereocenters. The molecule has 0 aliphatic heterocycles. The van der Waals surface area contributed by atoms with E-state index in [-0.39, 0.29) is 0 Å². The van der Waals surface area contributed by atoms with E-state index in [1.807, 2.05) is 0 Å². The van der Waals surface area contributed by atoms with Gasteiger partial charge < -0.3 is 16.0 Å². The molecule has 0 bridgehead atoms.